The zero-order valence-corrected chi connectivity index (χ0v) is 10.8. The molecule has 1 aliphatic heterocycles. The Morgan fingerprint density at radius 3 is 2.45 bits per heavy atom. The Morgan fingerprint density at radius 2 is 1.85 bits per heavy atom. The Kier molecular flexibility index (Phi) is 4.19. The average Bonchev–Trinajstić information content (AvgIpc) is 2.40. The van der Waals surface area contributed by atoms with Crippen LogP contribution >= 0.6 is 0 Å². The minimum Gasteiger partial charge on any atom is -0.351 e. The quantitative estimate of drug-likeness (QED) is 0.677. The van der Waals surface area contributed by atoms with Gasteiger partial charge in [-0.1, -0.05) is 18.2 Å². The predicted octanol–water partition coefficient (Wildman–Crippen LogP) is -0.704. The first-order valence-electron chi connectivity index (χ1n) is 6.23. The first-order chi connectivity index (χ1) is 9.56. The highest BCUT2D eigenvalue weighted by molar-refractivity contribution is 5.96. The molecule has 0 radical (unpaired) electrons. The molecular formula is C13H16N4O3. The molecule has 0 bridgehead atoms. The Labute approximate surface area is 116 Å². The van der Waals surface area contributed by atoms with Crippen LogP contribution in [-0.2, 0) is 4.79 Å². The van der Waals surface area contributed by atoms with E-state index in [-0.39, 0.29) is 24.4 Å². The third-order valence-electron chi connectivity index (χ3n) is 3.00. The lowest BCUT2D eigenvalue weighted by Gasteiger charge is -2.38. The lowest BCUT2D eigenvalue weighted by atomic mass is 10.1. The highest BCUT2D eigenvalue weighted by Gasteiger charge is 2.30. The van der Waals surface area contributed by atoms with Gasteiger partial charge in [0.1, 0.15) is 0 Å². The van der Waals surface area contributed by atoms with Gasteiger partial charge in [0.2, 0.25) is 5.91 Å². The molecule has 0 saturated carbocycles. The van der Waals surface area contributed by atoms with E-state index in [9.17, 15) is 14.4 Å². The molecule has 4 N–H and O–H groups in total. The van der Waals surface area contributed by atoms with Gasteiger partial charge in [-0.05, 0) is 12.1 Å². The second-order valence-electron chi connectivity index (χ2n) is 4.56. The molecule has 1 heterocycles. The van der Waals surface area contributed by atoms with E-state index in [0.717, 1.165) is 0 Å². The monoisotopic (exact) mass is 276 g/mol. The molecule has 7 nitrogen and oxygen atoms in total. The lowest BCUT2D eigenvalue weighted by Crippen LogP contribution is -2.62. The number of urea groups is 1. The van der Waals surface area contributed by atoms with Crippen molar-refractivity contribution >= 4 is 17.8 Å². The van der Waals surface area contributed by atoms with Gasteiger partial charge in [0.05, 0.1) is 12.6 Å². The van der Waals surface area contributed by atoms with Crippen molar-refractivity contribution < 1.29 is 14.4 Å². The van der Waals surface area contributed by atoms with Crippen molar-refractivity contribution in [3.8, 4) is 0 Å². The molecule has 1 saturated heterocycles. The number of carbonyl (C=O) groups excluding carboxylic acids is 3. The van der Waals surface area contributed by atoms with Crippen molar-refractivity contribution in [2.75, 3.05) is 19.6 Å². The number of nitrogens with one attached hydrogen (secondary N) is 2. The lowest BCUT2D eigenvalue weighted by molar-refractivity contribution is -0.121. The zero-order valence-electron chi connectivity index (χ0n) is 10.8. The number of amides is 4. The van der Waals surface area contributed by atoms with Gasteiger partial charge in [0, 0.05) is 18.7 Å². The van der Waals surface area contributed by atoms with Gasteiger partial charge in [0.25, 0.3) is 5.91 Å². The highest BCUT2D eigenvalue weighted by Crippen LogP contribution is 2.06. The van der Waals surface area contributed by atoms with E-state index in [4.69, 9.17) is 5.73 Å². The topological polar surface area (TPSA) is 105 Å². The van der Waals surface area contributed by atoms with Crippen LogP contribution in [0.1, 0.15) is 10.4 Å². The summed E-state index contributed by atoms with van der Waals surface area (Å²) in [5.41, 5.74) is 5.57. The SMILES string of the molecule is NC(=O)N1CC(NC(=O)CNC(=O)c2ccccc2)C1. The van der Waals surface area contributed by atoms with Crippen LogP contribution in [0.5, 0.6) is 0 Å². The first-order valence-corrected chi connectivity index (χ1v) is 6.23. The van der Waals surface area contributed by atoms with Gasteiger partial charge < -0.3 is 21.3 Å². The highest BCUT2D eigenvalue weighted by atomic mass is 16.2. The van der Waals surface area contributed by atoms with E-state index in [1.165, 1.54) is 4.90 Å². The molecule has 7 heteroatoms. The zero-order chi connectivity index (χ0) is 14.5. The molecule has 1 aliphatic rings. The molecule has 0 aromatic heterocycles. The Bertz CT molecular complexity index is 512. The summed E-state index contributed by atoms with van der Waals surface area (Å²) in [6.45, 7) is 0.724. The summed E-state index contributed by atoms with van der Waals surface area (Å²) in [6.07, 6.45) is 0. The van der Waals surface area contributed by atoms with Crippen molar-refractivity contribution in [2.45, 2.75) is 6.04 Å². The van der Waals surface area contributed by atoms with Gasteiger partial charge >= 0.3 is 6.03 Å². The maximum atomic E-state index is 11.7. The van der Waals surface area contributed by atoms with Crippen molar-refractivity contribution in [1.82, 2.24) is 15.5 Å². The fourth-order valence-corrected chi connectivity index (χ4v) is 1.88. The number of nitrogens with two attached hydrogens (primary N) is 1. The minimum atomic E-state index is -0.493. The molecule has 20 heavy (non-hydrogen) atoms. The molecule has 1 fully saturated rings. The predicted molar refractivity (Wildman–Crippen MR) is 71.9 cm³/mol. The number of hydrogen-bond donors (Lipinski definition) is 3. The molecular weight excluding hydrogens is 260 g/mol. The van der Waals surface area contributed by atoms with Crippen LogP contribution in [0.25, 0.3) is 0 Å². The van der Waals surface area contributed by atoms with Crippen LogP contribution in [0.4, 0.5) is 4.79 Å². The maximum Gasteiger partial charge on any atom is 0.314 e. The van der Waals surface area contributed by atoms with Crippen LogP contribution in [0.3, 0.4) is 0 Å². The second-order valence-corrected chi connectivity index (χ2v) is 4.56. The average molecular weight is 276 g/mol. The van der Waals surface area contributed by atoms with Crippen molar-refractivity contribution in [3.63, 3.8) is 0 Å². The van der Waals surface area contributed by atoms with E-state index in [0.29, 0.717) is 18.7 Å². The summed E-state index contributed by atoms with van der Waals surface area (Å²) in [5.74, 6) is -0.587. The Balaban J connectivity index is 1.69. The molecule has 1 aromatic rings. The standard InChI is InChI=1S/C13H16N4O3/c14-13(20)17-7-10(8-17)16-11(18)6-15-12(19)9-4-2-1-3-5-9/h1-5,10H,6-8H2,(H2,14,20)(H,15,19)(H,16,18). The second kappa shape index (κ2) is 6.05. The summed E-state index contributed by atoms with van der Waals surface area (Å²) in [5, 5.41) is 5.23. The van der Waals surface area contributed by atoms with Crippen molar-refractivity contribution in [2.24, 2.45) is 5.73 Å². The molecule has 0 atom stereocenters. The van der Waals surface area contributed by atoms with Crippen LogP contribution in [0.15, 0.2) is 30.3 Å². The molecule has 0 spiro atoms. The molecule has 0 aliphatic carbocycles. The number of likely N-dealkylation sites (tertiary alicyclic amines) is 1. The summed E-state index contributed by atoms with van der Waals surface area (Å²) in [6, 6.07) is 8.07. The normalized spacial score (nSPS) is 14.3. The summed E-state index contributed by atoms with van der Waals surface area (Å²) in [4.78, 5) is 35.5. The van der Waals surface area contributed by atoms with Gasteiger partial charge in [-0.3, -0.25) is 9.59 Å². The van der Waals surface area contributed by atoms with Crippen LogP contribution < -0.4 is 16.4 Å². The Hall–Kier alpha value is -2.57. The third-order valence-corrected chi connectivity index (χ3v) is 3.00. The Morgan fingerprint density at radius 1 is 1.20 bits per heavy atom. The van der Waals surface area contributed by atoms with E-state index < -0.39 is 6.03 Å². The van der Waals surface area contributed by atoms with E-state index in [1.807, 2.05) is 6.07 Å². The number of primary amides is 1. The number of hydrogen-bond acceptors (Lipinski definition) is 3. The number of benzene rings is 1. The van der Waals surface area contributed by atoms with Gasteiger partial charge in [-0.15, -0.1) is 0 Å². The molecule has 106 valence electrons. The van der Waals surface area contributed by atoms with Crippen molar-refractivity contribution in [1.29, 1.82) is 0 Å². The summed E-state index contributed by atoms with van der Waals surface area (Å²) >= 11 is 0. The molecule has 0 unspecified atom stereocenters. The van der Waals surface area contributed by atoms with Crippen LogP contribution in [0, 0.1) is 0 Å². The van der Waals surface area contributed by atoms with Crippen LogP contribution in [-0.4, -0.2) is 48.4 Å². The summed E-state index contributed by atoms with van der Waals surface area (Å²) in [7, 11) is 0. The largest absolute Gasteiger partial charge is 0.351 e. The number of nitrogens with zero attached hydrogens (tertiary/aromatic N) is 1. The third kappa shape index (κ3) is 3.47. The number of rotatable bonds is 4. The van der Waals surface area contributed by atoms with Gasteiger partial charge in [-0.25, -0.2) is 4.79 Å². The molecule has 1 aromatic carbocycles. The van der Waals surface area contributed by atoms with Gasteiger partial charge in [0.15, 0.2) is 0 Å². The fourth-order valence-electron chi connectivity index (χ4n) is 1.88. The van der Waals surface area contributed by atoms with E-state index >= 15 is 0 Å². The molecule has 4 amide bonds. The summed E-state index contributed by atoms with van der Waals surface area (Å²) < 4.78 is 0. The van der Waals surface area contributed by atoms with Crippen molar-refractivity contribution in [3.05, 3.63) is 35.9 Å². The van der Waals surface area contributed by atoms with Gasteiger partial charge in [-0.2, -0.15) is 0 Å². The minimum absolute atomic E-state index is 0.0939. The number of carbonyl (C=O) groups is 3. The smallest absolute Gasteiger partial charge is 0.314 e. The fraction of sp³-hybridized carbons (Fsp3) is 0.308. The first kappa shape index (κ1) is 13.9. The van der Waals surface area contributed by atoms with E-state index in [2.05, 4.69) is 10.6 Å². The maximum absolute atomic E-state index is 11.7. The van der Waals surface area contributed by atoms with Crippen LogP contribution in [0.2, 0.25) is 0 Å². The van der Waals surface area contributed by atoms with E-state index in [1.54, 1.807) is 24.3 Å². The molecule has 2 rings (SSSR count).